The minimum absolute atomic E-state index is 0. The molecule has 0 atom stereocenters. The first-order valence-electron chi connectivity index (χ1n) is 15.4. The third-order valence-electron chi connectivity index (χ3n) is 7.41. The summed E-state index contributed by atoms with van der Waals surface area (Å²) in [5.74, 6) is 0.662. The van der Waals surface area contributed by atoms with Crippen LogP contribution < -0.4 is 38.2 Å². The van der Waals surface area contributed by atoms with Gasteiger partial charge >= 0.3 is 5.91 Å². The molecule has 0 saturated carbocycles. The highest BCUT2D eigenvalue weighted by Gasteiger charge is 2.25. The fraction of sp³-hybridized carbons (Fsp3) is 0.486. The van der Waals surface area contributed by atoms with Gasteiger partial charge in [0, 0.05) is 17.8 Å². The first-order chi connectivity index (χ1) is 19.6. The molecular weight excluding hydrogens is 643 g/mol. The van der Waals surface area contributed by atoms with Gasteiger partial charge in [-0.25, -0.2) is 0 Å². The number of hydrogen-bond acceptors (Lipinski definition) is 2. The van der Waals surface area contributed by atoms with Gasteiger partial charge in [0.2, 0.25) is 0 Å². The van der Waals surface area contributed by atoms with Crippen molar-refractivity contribution in [2.24, 2.45) is 0 Å². The van der Waals surface area contributed by atoms with Crippen LogP contribution in [0.1, 0.15) is 107 Å². The van der Waals surface area contributed by atoms with Gasteiger partial charge in [-0.2, -0.15) is 4.57 Å². The van der Waals surface area contributed by atoms with Crippen LogP contribution in [0.4, 0.5) is 5.69 Å². The van der Waals surface area contributed by atoms with Crippen LogP contribution in [0.15, 0.2) is 72.9 Å². The summed E-state index contributed by atoms with van der Waals surface area (Å²) in [5.41, 5.74) is 2.46. The lowest BCUT2D eigenvalue weighted by Crippen LogP contribution is -3.00. The highest BCUT2D eigenvalue weighted by atomic mass is 127. The smallest absolute Gasteiger partial charge is 0.323 e. The van der Waals surface area contributed by atoms with Gasteiger partial charge < -0.3 is 28.7 Å². The molecule has 0 unspecified atom stereocenters. The highest BCUT2D eigenvalue weighted by molar-refractivity contribution is 6.32. The van der Waals surface area contributed by atoms with E-state index >= 15 is 0 Å². The Morgan fingerprint density at radius 1 is 0.780 bits per heavy atom. The van der Waals surface area contributed by atoms with Crippen molar-refractivity contribution in [2.75, 3.05) is 11.5 Å². The average Bonchev–Trinajstić information content (AvgIpc) is 2.99. The zero-order valence-corrected chi connectivity index (χ0v) is 27.9. The fourth-order valence-corrected chi connectivity index (χ4v) is 5.30. The summed E-state index contributed by atoms with van der Waals surface area (Å²) >= 11 is 6.62. The Hall–Kier alpha value is -2.12. The normalized spacial score (nSPS) is 10.7. The zero-order chi connectivity index (χ0) is 28.4. The van der Waals surface area contributed by atoms with E-state index < -0.39 is 0 Å². The molecule has 2 aromatic carbocycles. The Labute approximate surface area is 270 Å². The summed E-state index contributed by atoms with van der Waals surface area (Å²) in [7, 11) is 0. The lowest BCUT2D eigenvalue weighted by atomic mass is 10.1. The molecule has 1 aromatic heterocycles. The molecule has 41 heavy (non-hydrogen) atoms. The lowest BCUT2D eigenvalue weighted by Gasteiger charge is -2.22. The Kier molecular flexibility index (Phi) is 17.7. The Morgan fingerprint density at radius 2 is 1.39 bits per heavy atom. The van der Waals surface area contributed by atoms with Gasteiger partial charge in [0.05, 0.1) is 18.2 Å². The lowest BCUT2D eigenvalue weighted by molar-refractivity contribution is -0.695. The third kappa shape index (κ3) is 12.3. The maximum Gasteiger partial charge on any atom is 0.323 e. The van der Waals surface area contributed by atoms with Crippen molar-refractivity contribution in [2.45, 2.75) is 104 Å². The minimum Gasteiger partial charge on any atom is -1.00 e. The zero-order valence-electron chi connectivity index (χ0n) is 25.0. The average molecular weight is 691 g/mol. The number of anilines is 1. The van der Waals surface area contributed by atoms with Crippen molar-refractivity contribution in [1.82, 2.24) is 0 Å². The van der Waals surface area contributed by atoms with Crippen LogP contribution in [0.2, 0.25) is 5.02 Å². The van der Waals surface area contributed by atoms with Crippen LogP contribution in [0, 0.1) is 0 Å². The molecule has 3 aromatic rings. The topological polar surface area (TPSA) is 33.4 Å². The minimum atomic E-state index is -0.0444. The maximum absolute atomic E-state index is 13.7. The van der Waals surface area contributed by atoms with Crippen LogP contribution in [-0.4, -0.2) is 12.5 Å². The number of halogens is 2. The van der Waals surface area contributed by atoms with Gasteiger partial charge in [-0.3, -0.25) is 9.69 Å². The van der Waals surface area contributed by atoms with Gasteiger partial charge in [-0.15, -0.1) is 0 Å². The van der Waals surface area contributed by atoms with Crippen molar-refractivity contribution in [1.29, 1.82) is 0 Å². The van der Waals surface area contributed by atoms with Gasteiger partial charge in [-0.1, -0.05) is 113 Å². The Bertz CT molecular complexity index is 1140. The number of carbonyl (C=O) groups excluding carboxylic acids is 1. The number of ether oxygens (including phenoxy) is 1. The number of benzene rings is 2. The first kappa shape index (κ1) is 35.1. The third-order valence-corrected chi connectivity index (χ3v) is 7.70. The molecule has 0 aliphatic carbocycles. The number of carbonyl (C=O) groups is 1. The molecule has 0 radical (unpaired) electrons. The second-order valence-corrected chi connectivity index (χ2v) is 11.0. The van der Waals surface area contributed by atoms with E-state index in [0.717, 1.165) is 24.2 Å². The summed E-state index contributed by atoms with van der Waals surface area (Å²) in [4.78, 5) is 15.5. The number of hydrogen-bond donors (Lipinski definition) is 0. The molecular formula is C35H48ClIN2O2. The van der Waals surface area contributed by atoms with Gasteiger partial charge in [-0.05, 0) is 49.2 Å². The molecule has 0 aliphatic rings. The summed E-state index contributed by atoms with van der Waals surface area (Å²) < 4.78 is 7.97. The number of para-hydroxylation sites is 1. The Morgan fingerprint density at radius 3 is 2.00 bits per heavy atom. The number of unbranched alkanes of at least 4 members (excludes halogenated alkanes) is 11. The van der Waals surface area contributed by atoms with Crippen LogP contribution in [0.5, 0.6) is 5.75 Å². The molecule has 0 spiro atoms. The van der Waals surface area contributed by atoms with Crippen molar-refractivity contribution in [3.8, 4) is 5.75 Å². The van der Waals surface area contributed by atoms with E-state index in [-0.39, 0.29) is 29.9 Å². The van der Waals surface area contributed by atoms with Gasteiger partial charge in [0.15, 0.2) is 6.20 Å². The predicted molar refractivity (Wildman–Crippen MR) is 167 cm³/mol. The molecule has 0 aliphatic heterocycles. The van der Waals surface area contributed by atoms with Crippen molar-refractivity contribution in [3.05, 3.63) is 89.2 Å². The van der Waals surface area contributed by atoms with E-state index in [9.17, 15) is 4.79 Å². The quantitative estimate of drug-likeness (QED) is 0.0810. The molecule has 0 saturated heterocycles. The van der Waals surface area contributed by atoms with Crippen LogP contribution in [-0.2, 0) is 13.1 Å². The highest BCUT2D eigenvalue weighted by Crippen LogP contribution is 2.28. The molecule has 6 heteroatoms. The predicted octanol–water partition coefficient (Wildman–Crippen LogP) is 6.58. The standard InChI is InChI=1S/C35H48ClN2O2.HI/c1-3-5-6-7-8-9-10-11-12-13-14-20-27-40-34-25-24-30(28-32(34)36)29-38(31-21-16-15-17-22-31)35(39)33-23-18-19-26-37(33)4-2;/h15-19,21-26,28H,3-14,20,27,29H2,1-2H3;1H/q+1;/p-1. The van der Waals surface area contributed by atoms with Gasteiger partial charge in [0.25, 0.3) is 5.69 Å². The van der Waals surface area contributed by atoms with Crippen molar-refractivity contribution >= 4 is 23.2 Å². The van der Waals surface area contributed by atoms with Crippen molar-refractivity contribution in [3.63, 3.8) is 0 Å². The van der Waals surface area contributed by atoms with E-state index in [1.54, 1.807) is 4.90 Å². The number of amides is 1. The molecule has 0 fully saturated rings. The summed E-state index contributed by atoms with van der Waals surface area (Å²) in [6.07, 6.45) is 17.8. The molecule has 224 valence electrons. The number of pyridine rings is 1. The monoisotopic (exact) mass is 690 g/mol. The first-order valence-corrected chi connectivity index (χ1v) is 15.8. The molecule has 4 nitrogen and oxygen atoms in total. The Balaban J connectivity index is 0.00000588. The largest absolute Gasteiger partial charge is 1.00 e. The molecule has 0 bridgehead atoms. The second kappa shape index (κ2) is 20.7. The molecule has 1 heterocycles. The second-order valence-electron chi connectivity index (χ2n) is 10.6. The summed E-state index contributed by atoms with van der Waals surface area (Å²) in [6, 6.07) is 21.4. The summed E-state index contributed by atoms with van der Waals surface area (Å²) in [6.45, 7) is 6.13. The van der Waals surface area contributed by atoms with Crippen molar-refractivity contribution < 1.29 is 38.1 Å². The molecule has 0 N–H and O–H groups in total. The number of aryl methyl sites for hydroxylation is 1. The number of rotatable bonds is 19. The van der Waals surface area contributed by atoms with E-state index in [2.05, 4.69) is 6.92 Å². The summed E-state index contributed by atoms with van der Waals surface area (Å²) in [5, 5.41) is 0.584. The van der Waals surface area contributed by atoms with E-state index in [4.69, 9.17) is 16.3 Å². The SMILES string of the molecule is CCCCCCCCCCCCCCOc1ccc(CN(C(=O)c2cccc[n+]2CC)c2ccccc2)cc1Cl.[I-]. The number of nitrogens with zero attached hydrogens (tertiary/aromatic N) is 2. The van der Waals surface area contributed by atoms with E-state index in [1.807, 2.05) is 84.4 Å². The van der Waals surface area contributed by atoms with Crippen LogP contribution in [0.25, 0.3) is 0 Å². The fourth-order valence-electron chi connectivity index (χ4n) is 5.04. The van der Waals surface area contributed by atoms with E-state index in [1.165, 1.54) is 70.6 Å². The maximum atomic E-state index is 13.7. The molecule has 3 rings (SSSR count). The van der Waals surface area contributed by atoms with Crippen LogP contribution >= 0.6 is 11.6 Å². The van der Waals surface area contributed by atoms with Crippen LogP contribution in [0.3, 0.4) is 0 Å². The number of aromatic nitrogens is 1. The van der Waals surface area contributed by atoms with E-state index in [0.29, 0.717) is 29.6 Å². The van der Waals surface area contributed by atoms with Gasteiger partial charge in [0.1, 0.15) is 12.3 Å². The molecule has 1 amide bonds.